The molecule has 0 aliphatic rings. The van der Waals surface area contributed by atoms with Crippen LogP contribution < -0.4 is 4.74 Å². The summed E-state index contributed by atoms with van der Waals surface area (Å²) in [7, 11) is 0. The fourth-order valence-corrected chi connectivity index (χ4v) is 7.22. The molecule has 0 saturated heterocycles. The van der Waals surface area contributed by atoms with E-state index < -0.39 is 12.1 Å². The van der Waals surface area contributed by atoms with Gasteiger partial charge in [0.1, 0.15) is 5.75 Å². The van der Waals surface area contributed by atoms with E-state index in [0.717, 1.165) is 15.6 Å². The highest BCUT2D eigenvalue weighted by atomic mass is 79.9. The van der Waals surface area contributed by atoms with Gasteiger partial charge in [-0.2, -0.15) is 0 Å². The topological polar surface area (TPSA) is 46.5 Å². The van der Waals surface area contributed by atoms with E-state index >= 15 is 0 Å². The van der Waals surface area contributed by atoms with Crippen LogP contribution in [0.2, 0.25) is 0 Å². The molecule has 0 amide bonds. The van der Waals surface area contributed by atoms with Crippen LogP contribution >= 0.6 is 59.1 Å². The number of carboxylic acid groups (broad SMARTS) is 1. The zero-order valence-electron chi connectivity index (χ0n) is 16.7. The smallest absolute Gasteiger partial charge is 0.344 e. The number of carboxylic acids is 1. The molecule has 160 valence electrons. The molecule has 1 N–H and O–H groups in total. The van der Waals surface area contributed by atoms with E-state index in [0.29, 0.717) is 14.7 Å². The number of rotatable bonds is 4. The fourth-order valence-electron chi connectivity index (χ4n) is 3.87. The van der Waals surface area contributed by atoms with Gasteiger partial charge in [0, 0.05) is 19.9 Å². The molecule has 0 spiro atoms. The summed E-state index contributed by atoms with van der Waals surface area (Å²) in [5.74, 6) is -0.542. The van der Waals surface area contributed by atoms with Crippen LogP contribution in [-0.2, 0) is 4.79 Å². The quantitative estimate of drug-likeness (QED) is 0.215. The SMILES string of the molecule is C[C@@H](Oc1c(Br)cc(-c2cccc3sc4c(Br)c5ccccc5cc4c23)cc1Br)C(=O)O. The predicted octanol–water partition coefficient (Wildman–Crippen LogP) is 9.01. The van der Waals surface area contributed by atoms with Crippen molar-refractivity contribution >= 4 is 96.0 Å². The van der Waals surface area contributed by atoms with Crippen LogP contribution in [0.15, 0.2) is 74.1 Å². The maximum absolute atomic E-state index is 11.2. The Kier molecular flexibility index (Phi) is 5.78. The minimum Gasteiger partial charge on any atom is -0.479 e. The predicted molar refractivity (Wildman–Crippen MR) is 143 cm³/mol. The van der Waals surface area contributed by atoms with Crippen molar-refractivity contribution < 1.29 is 14.6 Å². The molecule has 0 radical (unpaired) electrons. The van der Waals surface area contributed by atoms with Crippen molar-refractivity contribution in [2.45, 2.75) is 13.0 Å². The molecule has 7 heteroatoms. The van der Waals surface area contributed by atoms with E-state index in [1.54, 1.807) is 11.3 Å². The molecule has 0 unspecified atom stereocenters. The highest BCUT2D eigenvalue weighted by Gasteiger charge is 2.20. The van der Waals surface area contributed by atoms with Crippen molar-refractivity contribution in [2.75, 3.05) is 0 Å². The summed E-state index contributed by atoms with van der Waals surface area (Å²) in [5, 5.41) is 14.0. The Bertz CT molecular complexity index is 1520. The minimum atomic E-state index is -1.01. The van der Waals surface area contributed by atoms with Gasteiger partial charge in [-0.25, -0.2) is 4.79 Å². The number of ether oxygens (including phenoxy) is 1. The molecular formula is C25H15Br3O3S. The molecular weight excluding hydrogens is 620 g/mol. The van der Waals surface area contributed by atoms with E-state index in [4.69, 9.17) is 4.74 Å². The van der Waals surface area contributed by atoms with Crippen LogP contribution in [0.25, 0.3) is 42.1 Å². The van der Waals surface area contributed by atoms with E-state index in [2.05, 4.69) is 96.3 Å². The average molecular weight is 635 g/mol. The van der Waals surface area contributed by atoms with E-state index in [1.165, 1.54) is 37.9 Å². The van der Waals surface area contributed by atoms with Gasteiger partial charge < -0.3 is 9.84 Å². The van der Waals surface area contributed by atoms with Gasteiger partial charge in [0.2, 0.25) is 0 Å². The second-order valence-electron chi connectivity index (χ2n) is 7.44. The van der Waals surface area contributed by atoms with Crippen molar-refractivity contribution in [3.63, 3.8) is 0 Å². The van der Waals surface area contributed by atoms with Crippen molar-refractivity contribution in [1.82, 2.24) is 0 Å². The summed E-state index contributed by atoms with van der Waals surface area (Å²) in [4.78, 5) is 11.2. The molecule has 1 atom stereocenters. The summed E-state index contributed by atoms with van der Waals surface area (Å²) in [6, 6.07) is 20.9. The minimum absolute atomic E-state index is 0.472. The third-order valence-electron chi connectivity index (χ3n) is 5.40. The molecule has 1 heterocycles. The van der Waals surface area contributed by atoms with Gasteiger partial charge in [0.15, 0.2) is 6.10 Å². The van der Waals surface area contributed by atoms with Gasteiger partial charge in [-0.05, 0) is 101 Å². The number of halogens is 3. The maximum atomic E-state index is 11.2. The van der Waals surface area contributed by atoms with Crippen molar-refractivity contribution in [3.05, 3.63) is 74.1 Å². The van der Waals surface area contributed by atoms with Crippen molar-refractivity contribution in [3.8, 4) is 16.9 Å². The summed E-state index contributed by atoms with van der Waals surface area (Å²) in [5.41, 5.74) is 2.11. The van der Waals surface area contributed by atoms with Gasteiger partial charge in [-0.15, -0.1) is 11.3 Å². The first-order valence-electron chi connectivity index (χ1n) is 9.76. The number of hydrogen-bond acceptors (Lipinski definition) is 3. The number of hydrogen-bond donors (Lipinski definition) is 1. The van der Waals surface area contributed by atoms with Crippen LogP contribution in [0.3, 0.4) is 0 Å². The van der Waals surface area contributed by atoms with Crippen molar-refractivity contribution in [1.29, 1.82) is 0 Å². The number of carbonyl (C=O) groups is 1. The van der Waals surface area contributed by atoms with Gasteiger partial charge in [0.05, 0.1) is 13.6 Å². The van der Waals surface area contributed by atoms with Crippen LogP contribution in [-0.4, -0.2) is 17.2 Å². The highest BCUT2D eigenvalue weighted by Crippen LogP contribution is 2.47. The van der Waals surface area contributed by atoms with Gasteiger partial charge in [-0.3, -0.25) is 0 Å². The normalized spacial score (nSPS) is 12.5. The molecule has 3 nitrogen and oxygen atoms in total. The zero-order chi connectivity index (χ0) is 22.6. The molecule has 5 rings (SSSR count). The molecule has 0 fully saturated rings. The third kappa shape index (κ3) is 3.65. The molecule has 32 heavy (non-hydrogen) atoms. The summed E-state index contributed by atoms with van der Waals surface area (Å²) < 4.78 is 10.6. The highest BCUT2D eigenvalue weighted by molar-refractivity contribution is 9.11. The first-order valence-corrected chi connectivity index (χ1v) is 13.0. The van der Waals surface area contributed by atoms with E-state index in [9.17, 15) is 9.90 Å². The van der Waals surface area contributed by atoms with Gasteiger partial charge >= 0.3 is 5.97 Å². The van der Waals surface area contributed by atoms with Crippen molar-refractivity contribution in [2.24, 2.45) is 0 Å². The summed E-state index contributed by atoms with van der Waals surface area (Å²) in [6.07, 6.45) is -0.955. The Labute approximate surface area is 213 Å². The monoisotopic (exact) mass is 632 g/mol. The Morgan fingerprint density at radius 1 is 0.969 bits per heavy atom. The van der Waals surface area contributed by atoms with Gasteiger partial charge in [0.25, 0.3) is 0 Å². The van der Waals surface area contributed by atoms with Crippen LogP contribution in [0.1, 0.15) is 6.92 Å². The Balaban J connectivity index is 1.74. The number of benzene rings is 4. The lowest BCUT2D eigenvalue weighted by Crippen LogP contribution is -2.23. The van der Waals surface area contributed by atoms with Crippen LogP contribution in [0.4, 0.5) is 0 Å². The second-order valence-corrected chi connectivity index (χ2v) is 11.0. The Morgan fingerprint density at radius 2 is 1.69 bits per heavy atom. The molecule has 4 aromatic carbocycles. The third-order valence-corrected chi connectivity index (χ3v) is 8.85. The number of fused-ring (bicyclic) bond motifs is 4. The molecule has 0 aliphatic carbocycles. The maximum Gasteiger partial charge on any atom is 0.344 e. The Morgan fingerprint density at radius 3 is 2.41 bits per heavy atom. The molecule has 1 aromatic heterocycles. The van der Waals surface area contributed by atoms with Crippen LogP contribution in [0.5, 0.6) is 5.75 Å². The molecule has 0 aliphatic heterocycles. The molecule has 0 saturated carbocycles. The zero-order valence-corrected chi connectivity index (χ0v) is 22.2. The number of aliphatic carboxylic acids is 1. The lowest BCUT2D eigenvalue weighted by molar-refractivity contribution is -0.144. The van der Waals surface area contributed by atoms with Crippen LogP contribution in [0, 0.1) is 0 Å². The van der Waals surface area contributed by atoms with E-state index in [-0.39, 0.29) is 0 Å². The average Bonchev–Trinajstić information content (AvgIpc) is 3.15. The molecule has 5 aromatic rings. The first kappa shape index (κ1) is 21.9. The molecule has 0 bridgehead atoms. The summed E-state index contributed by atoms with van der Waals surface area (Å²) >= 11 is 12.8. The fraction of sp³-hybridized carbons (Fsp3) is 0.0800. The largest absolute Gasteiger partial charge is 0.479 e. The van der Waals surface area contributed by atoms with Gasteiger partial charge in [-0.1, -0.05) is 36.4 Å². The second kappa shape index (κ2) is 8.45. The lowest BCUT2D eigenvalue weighted by atomic mass is 9.98. The standard InChI is InChI=1S/C25H15Br3O3S/c1-12(25(29)30)31-23-18(26)10-14(11-19(23)27)15-7-4-8-20-21(15)17-9-13-5-2-3-6-16(13)22(28)24(17)32-20/h2-12H,1H3,(H,29,30)/t12-/m1/s1. The summed E-state index contributed by atoms with van der Waals surface area (Å²) in [6.45, 7) is 1.51. The number of thiophene rings is 1. The van der Waals surface area contributed by atoms with E-state index in [1.807, 2.05) is 12.1 Å². The first-order chi connectivity index (χ1) is 15.3. The Hall–Kier alpha value is -1.93. The lowest BCUT2D eigenvalue weighted by Gasteiger charge is -2.15.